The molecule has 4 atom stereocenters. The zero-order valence-corrected chi connectivity index (χ0v) is 11.9. The highest BCUT2D eigenvalue weighted by molar-refractivity contribution is 8.00. The van der Waals surface area contributed by atoms with E-state index < -0.39 is 21.3 Å². The van der Waals surface area contributed by atoms with E-state index in [1.807, 2.05) is 6.92 Å². The molecule has 5 nitrogen and oxygen atoms in total. The monoisotopic (exact) mass is 277 g/mol. The molecule has 2 heterocycles. The first-order chi connectivity index (χ1) is 9.02. The number of hydrogen-bond acceptors (Lipinski definition) is 5. The Morgan fingerprint density at radius 2 is 2.21 bits per heavy atom. The topological polar surface area (TPSA) is 96.8 Å². The molecule has 0 aromatic rings. The molecule has 1 aliphatic carbocycles. The normalized spacial score (nSPS) is 50.4. The van der Waals surface area contributed by atoms with Crippen LogP contribution >= 0.6 is 11.8 Å². The number of hydrogen-bond donors (Lipinski definition) is 2. The first-order valence-electron chi connectivity index (χ1n) is 6.53. The van der Waals surface area contributed by atoms with E-state index in [0.29, 0.717) is 12.4 Å². The third-order valence-electron chi connectivity index (χ3n) is 5.13. The molecule has 1 saturated carbocycles. The second kappa shape index (κ2) is 3.45. The fourth-order valence-electron chi connectivity index (χ4n) is 4.38. The Kier molecular flexibility index (Phi) is 2.32. The zero-order chi connectivity index (χ0) is 13.9. The van der Waals surface area contributed by atoms with Gasteiger partial charge in [-0.25, -0.2) is 4.99 Å². The van der Waals surface area contributed by atoms with Crippen LogP contribution in [0, 0.1) is 38.9 Å². The molecular weight excluding hydrogens is 260 g/mol. The van der Waals surface area contributed by atoms with Crippen LogP contribution in [0.15, 0.2) is 0 Å². The van der Waals surface area contributed by atoms with E-state index in [2.05, 4.69) is 24.1 Å². The molecule has 0 unspecified atom stereocenters. The lowest BCUT2D eigenvalue weighted by atomic mass is 9.88. The molecule has 3 rings (SSSR count). The van der Waals surface area contributed by atoms with Crippen LogP contribution in [0.25, 0.3) is 0 Å². The molecule has 100 valence electrons. The molecule has 6 heteroatoms. The van der Waals surface area contributed by atoms with Crippen LogP contribution in [-0.4, -0.2) is 23.3 Å². The van der Waals surface area contributed by atoms with Gasteiger partial charge in [0.05, 0.1) is 18.7 Å². The van der Waals surface area contributed by atoms with Gasteiger partial charge in [0.1, 0.15) is 0 Å². The summed E-state index contributed by atoms with van der Waals surface area (Å²) >= 11 is 1.56. The lowest BCUT2D eigenvalue weighted by Crippen LogP contribution is -2.88. The molecule has 0 bridgehead atoms. The van der Waals surface area contributed by atoms with Crippen molar-refractivity contribution >= 4 is 17.6 Å². The fourth-order valence-corrected chi connectivity index (χ4v) is 5.83. The predicted octanol–water partition coefficient (Wildman–Crippen LogP) is -0.305. The Morgan fingerprint density at radius 3 is 2.68 bits per heavy atom. The van der Waals surface area contributed by atoms with E-state index in [4.69, 9.17) is 10.5 Å². The van der Waals surface area contributed by atoms with Crippen molar-refractivity contribution in [1.29, 1.82) is 10.5 Å². The Morgan fingerprint density at radius 1 is 1.47 bits per heavy atom. The van der Waals surface area contributed by atoms with Gasteiger partial charge in [0.2, 0.25) is 0 Å². The maximum Gasteiger partial charge on any atom is 0.277 e. The first-order valence-corrected chi connectivity index (χ1v) is 7.52. The summed E-state index contributed by atoms with van der Waals surface area (Å²) in [5, 5.41) is 18.8. The first kappa shape index (κ1) is 12.8. The minimum Gasteiger partial charge on any atom is -0.327 e. The number of nitriles is 2. The van der Waals surface area contributed by atoms with Crippen LogP contribution in [0.2, 0.25) is 0 Å². The van der Waals surface area contributed by atoms with Gasteiger partial charge in [0.15, 0.2) is 10.8 Å². The molecule has 1 spiro atoms. The van der Waals surface area contributed by atoms with E-state index in [1.165, 1.54) is 0 Å². The molecular formula is C13H17N4OS+. The molecule has 1 saturated heterocycles. The standard InChI is InChI=1S/C13H16N4OS/c1-3-4-10(2)11(7-14)9(16)17-13(12(10,11)8-15)18-5-6-19-13/h3-6H2,1-2H3,(H2,16,17)/p+1/t10-,11+,12-,13-/m1/s1. The minimum atomic E-state index is -0.928. The van der Waals surface area contributed by atoms with Crippen LogP contribution in [-0.2, 0) is 4.74 Å². The summed E-state index contributed by atoms with van der Waals surface area (Å²) in [6.07, 6.45) is 1.71. The van der Waals surface area contributed by atoms with Crippen LogP contribution in [0.3, 0.4) is 0 Å². The lowest BCUT2D eigenvalue weighted by Gasteiger charge is -2.27. The maximum atomic E-state index is 9.87. The van der Waals surface area contributed by atoms with Crippen molar-refractivity contribution in [3.05, 3.63) is 0 Å². The van der Waals surface area contributed by atoms with Crippen molar-refractivity contribution in [3.8, 4) is 12.1 Å². The quantitative estimate of drug-likeness (QED) is 0.722. The summed E-state index contributed by atoms with van der Waals surface area (Å²) in [4.78, 5) is 3.12. The molecule has 0 aromatic heterocycles. The third kappa shape index (κ3) is 0.927. The number of nitrogens with two attached hydrogens (primary N) is 1. The summed E-state index contributed by atoms with van der Waals surface area (Å²) < 4.78 is 5.87. The van der Waals surface area contributed by atoms with E-state index in [-0.39, 0.29) is 0 Å². The molecule has 2 fully saturated rings. The van der Waals surface area contributed by atoms with Gasteiger partial charge in [-0.2, -0.15) is 10.5 Å². The summed E-state index contributed by atoms with van der Waals surface area (Å²) in [6.45, 7) is 4.65. The molecule has 0 aromatic carbocycles. The summed E-state index contributed by atoms with van der Waals surface area (Å²) in [7, 11) is 0. The summed E-state index contributed by atoms with van der Waals surface area (Å²) in [6, 6.07) is 4.76. The third-order valence-corrected chi connectivity index (χ3v) is 6.44. The number of nitrogens with zero attached hydrogens (tertiary/aromatic N) is 2. The van der Waals surface area contributed by atoms with Gasteiger partial charge in [-0.1, -0.05) is 32.0 Å². The maximum absolute atomic E-state index is 9.87. The van der Waals surface area contributed by atoms with E-state index in [0.717, 1.165) is 18.6 Å². The van der Waals surface area contributed by atoms with Gasteiger partial charge < -0.3 is 4.74 Å². The number of nitrogens with one attached hydrogen (secondary N) is 1. The second-order valence-corrected chi connectivity index (χ2v) is 6.93. The summed E-state index contributed by atoms with van der Waals surface area (Å²) in [5.74, 6) is 1.22. The van der Waals surface area contributed by atoms with Crippen molar-refractivity contribution < 1.29 is 9.73 Å². The highest BCUT2D eigenvalue weighted by Crippen LogP contribution is 2.85. The van der Waals surface area contributed by atoms with Gasteiger partial charge in [0.25, 0.3) is 10.9 Å². The van der Waals surface area contributed by atoms with E-state index in [1.54, 1.807) is 11.8 Å². The van der Waals surface area contributed by atoms with Crippen LogP contribution in [0.1, 0.15) is 26.7 Å². The lowest BCUT2D eigenvalue weighted by molar-refractivity contribution is -0.585. The Balaban J connectivity index is 2.23. The molecule has 2 aliphatic heterocycles. The highest BCUT2D eigenvalue weighted by atomic mass is 32.2. The van der Waals surface area contributed by atoms with Crippen molar-refractivity contribution in [2.75, 3.05) is 12.4 Å². The largest absolute Gasteiger partial charge is 0.327 e. The number of thioether (sulfide) groups is 1. The molecule has 3 aliphatic rings. The van der Waals surface area contributed by atoms with Gasteiger partial charge >= 0.3 is 0 Å². The average molecular weight is 277 g/mol. The zero-order valence-electron chi connectivity index (χ0n) is 11.1. The smallest absolute Gasteiger partial charge is 0.277 e. The molecule has 19 heavy (non-hydrogen) atoms. The Hall–Kier alpha value is -1.24. The number of rotatable bonds is 2. The Labute approximate surface area is 116 Å². The highest BCUT2D eigenvalue weighted by Gasteiger charge is 3.01. The SMILES string of the molecule is CCC[C@]1(C)[C@]2(C#N)C(N)=[NH+][C@@]3(OCCS3)[C@]12C#N. The predicted molar refractivity (Wildman–Crippen MR) is 70.4 cm³/mol. The minimum absolute atomic E-state index is 0.405. The van der Waals surface area contributed by atoms with Crippen molar-refractivity contribution in [2.24, 2.45) is 22.0 Å². The number of fused-ring (bicyclic) bond motifs is 2. The second-order valence-electron chi connectivity index (χ2n) is 5.66. The van der Waals surface area contributed by atoms with Gasteiger partial charge in [0, 0.05) is 11.2 Å². The summed E-state index contributed by atoms with van der Waals surface area (Å²) in [5.41, 5.74) is 3.87. The van der Waals surface area contributed by atoms with E-state index >= 15 is 0 Å². The molecule has 0 radical (unpaired) electrons. The Bertz CT molecular complexity index is 556. The van der Waals surface area contributed by atoms with Gasteiger partial charge in [-0.05, 0) is 6.42 Å². The van der Waals surface area contributed by atoms with Crippen molar-refractivity contribution in [1.82, 2.24) is 0 Å². The van der Waals surface area contributed by atoms with E-state index in [9.17, 15) is 10.5 Å². The number of ether oxygens (including phenoxy) is 1. The van der Waals surface area contributed by atoms with Crippen LogP contribution < -0.4 is 10.7 Å². The van der Waals surface area contributed by atoms with Crippen LogP contribution in [0.4, 0.5) is 0 Å². The number of amidine groups is 1. The van der Waals surface area contributed by atoms with Crippen molar-refractivity contribution in [3.63, 3.8) is 0 Å². The average Bonchev–Trinajstić information content (AvgIpc) is 2.72. The molecule has 0 amide bonds. The molecule has 3 N–H and O–H groups in total. The van der Waals surface area contributed by atoms with Gasteiger partial charge in [-0.3, -0.25) is 5.73 Å². The van der Waals surface area contributed by atoms with Crippen molar-refractivity contribution in [2.45, 2.75) is 31.7 Å². The van der Waals surface area contributed by atoms with Gasteiger partial charge in [-0.15, -0.1) is 0 Å². The van der Waals surface area contributed by atoms with Crippen LogP contribution in [0.5, 0.6) is 0 Å². The fraction of sp³-hybridized carbons (Fsp3) is 0.769.